The van der Waals surface area contributed by atoms with Crippen molar-refractivity contribution in [3.05, 3.63) is 0 Å². The number of rotatable bonds is 2. The van der Waals surface area contributed by atoms with Crippen LogP contribution in [0.25, 0.3) is 0 Å². The number of hydrogen-bond donors (Lipinski definition) is 1. The summed E-state index contributed by atoms with van der Waals surface area (Å²) >= 11 is 0. The van der Waals surface area contributed by atoms with Gasteiger partial charge >= 0.3 is 0 Å². The number of nitrogens with zero attached hydrogens (tertiary/aromatic N) is 1. The average Bonchev–Trinajstić information content (AvgIpc) is 2.89. The fraction of sp³-hybridized carbons (Fsp3) is 1.00. The molecule has 0 aromatic heterocycles. The van der Waals surface area contributed by atoms with Gasteiger partial charge in [0.15, 0.2) is 0 Å². The van der Waals surface area contributed by atoms with Crippen molar-refractivity contribution >= 4 is 0 Å². The van der Waals surface area contributed by atoms with Crippen LogP contribution in [0.1, 0.15) is 39.5 Å². The van der Waals surface area contributed by atoms with Crippen molar-refractivity contribution in [2.45, 2.75) is 39.5 Å². The minimum absolute atomic E-state index is 0.773. The zero-order chi connectivity index (χ0) is 11.9. The zero-order valence-corrected chi connectivity index (χ0v) is 11.5. The highest BCUT2D eigenvalue weighted by Gasteiger charge is 2.53. The summed E-state index contributed by atoms with van der Waals surface area (Å²) < 4.78 is 0. The molecule has 1 saturated carbocycles. The molecule has 2 aliphatic heterocycles. The standard InChI is InChI=1S/C15H28N2/c1-12-7-13(2)10-17(9-12)11-14-8-15(14)3-5-16-6-4-15/h12-14,16H,3-11H2,1-2H3. The molecule has 3 atom stereocenters. The van der Waals surface area contributed by atoms with Crippen LogP contribution in [0.3, 0.4) is 0 Å². The first-order valence-corrected chi connectivity index (χ1v) is 7.61. The molecule has 2 nitrogen and oxygen atoms in total. The van der Waals surface area contributed by atoms with Gasteiger partial charge in [0.25, 0.3) is 0 Å². The van der Waals surface area contributed by atoms with Crippen LogP contribution in [0.15, 0.2) is 0 Å². The Morgan fingerprint density at radius 2 is 1.76 bits per heavy atom. The van der Waals surface area contributed by atoms with Crippen molar-refractivity contribution in [2.75, 3.05) is 32.7 Å². The highest BCUT2D eigenvalue weighted by molar-refractivity contribution is 5.05. The number of hydrogen-bond acceptors (Lipinski definition) is 2. The molecule has 2 heteroatoms. The molecule has 0 bridgehead atoms. The smallest absolute Gasteiger partial charge is 0.00154 e. The Hall–Kier alpha value is -0.0800. The molecule has 3 rings (SSSR count). The molecule has 3 aliphatic rings. The van der Waals surface area contributed by atoms with Crippen LogP contribution in [0, 0.1) is 23.2 Å². The molecule has 0 amide bonds. The lowest BCUT2D eigenvalue weighted by molar-refractivity contribution is 0.127. The van der Waals surface area contributed by atoms with Gasteiger partial charge < -0.3 is 10.2 Å². The lowest BCUT2D eigenvalue weighted by Crippen LogP contribution is -2.40. The van der Waals surface area contributed by atoms with Crippen molar-refractivity contribution < 1.29 is 0 Å². The van der Waals surface area contributed by atoms with Gasteiger partial charge in [-0.3, -0.25) is 0 Å². The summed E-state index contributed by atoms with van der Waals surface area (Å²) in [6.45, 7) is 11.5. The van der Waals surface area contributed by atoms with E-state index in [2.05, 4.69) is 24.1 Å². The molecule has 0 aromatic carbocycles. The maximum absolute atomic E-state index is 3.51. The summed E-state index contributed by atoms with van der Waals surface area (Å²) in [6, 6.07) is 0. The number of nitrogens with one attached hydrogen (secondary N) is 1. The summed E-state index contributed by atoms with van der Waals surface area (Å²) in [5, 5.41) is 3.51. The highest BCUT2D eigenvalue weighted by atomic mass is 15.1. The van der Waals surface area contributed by atoms with Crippen LogP contribution in [0.2, 0.25) is 0 Å². The van der Waals surface area contributed by atoms with Gasteiger partial charge in [-0.05, 0) is 61.9 Å². The minimum Gasteiger partial charge on any atom is -0.317 e. The van der Waals surface area contributed by atoms with Crippen molar-refractivity contribution in [3.63, 3.8) is 0 Å². The third-order valence-corrected chi connectivity index (χ3v) is 5.38. The second kappa shape index (κ2) is 4.55. The molecule has 0 aromatic rings. The van der Waals surface area contributed by atoms with Gasteiger partial charge in [-0.15, -0.1) is 0 Å². The molecule has 98 valence electrons. The van der Waals surface area contributed by atoms with Gasteiger partial charge in [0, 0.05) is 19.6 Å². The molecule has 3 unspecified atom stereocenters. The minimum atomic E-state index is 0.773. The molecule has 1 N–H and O–H groups in total. The van der Waals surface area contributed by atoms with E-state index in [1.807, 2.05) is 0 Å². The number of likely N-dealkylation sites (tertiary alicyclic amines) is 1. The van der Waals surface area contributed by atoms with Crippen LogP contribution < -0.4 is 5.32 Å². The molecule has 2 saturated heterocycles. The van der Waals surface area contributed by atoms with Crippen LogP contribution in [0.4, 0.5) is 0 Å². The Balaban J connectivity index is 1.51. The monoisotopic (exact) mass is 236 g/mol. The van der Waals surface area contributed by atoms with Crippen LogP contribution >= 0.6 is 0 Å². The topological polar surface area (TPSA) is 15.3 Å². The Kier molecular flexibility index (Phi) is 3.20. The van der Waals surface area contributed by atoms with Crippen LogP contribution in [-0.2, 0) is 0 Å². The van der Waals surface area contributed by atoms with E-state index in [0.717, 1.165) is 23.2 Å². The van der Waals surface area contributed by atoms with E-state index < -0.39 is 0 Å². The third-order valence-electron chi connectivity index (χ3n) is 5.38. The maximum Gasteiger partial charge on any atom is 0.00154 e. The third kappa shape index (κ3) is 2.53. The van der Waals surface area contributed by atoms with E-state index in [-0.39, 0.29) is 0 Å². The molecule has 1 spiro atoms. The van der Waals surface area contributed by atoms with E-state index in [4.69, 9.17) is 0 Å². The predicted octanol–water partition coefficient (Wildman–Crippen LogP) is 2.35. The fourth-order valence-corrected chi connectivity index (χ4v) is 4.48. The first kappa shape index (κ1) is 12.0. The molecular formula is C15H28N2. The molecule has 3 fully saturated rings. The molecule has 17 heavy (non-hydrogen) atoms. The Labute approximate surface area is 106 Å². The van der Waals surface area contributed by atoms with Gasteiger partial charge in [0.05, 0.1) is 0 Å². The van der Waals surface area contributed by atoms with Crippen LogP contribution in [-0.4, -0.2) is 37.6 Å². The van der Waals surface area contributed by atoms with Crippen molar-refractivity contribution in [1.29, 1.82) is 0 Å². The SMILES string of the molecule is CC1CC(C)CN(CC2CC23CCNCC3)C1. The molecular weight excluding hydrogens is 208 g/mol. The first-order valence-electron chi connectivity index (χ1n) is 7.61. The lowest BCUT2D eigenvalue weighted by Gasteiger charge is -2.36. The lowest BCUT2D eigenvalue weighted by atomic mass is 9.89. The normalized spacial score (nSPS) is 41.6. The zero-order valence-electron chi connectivity index (χ0n) is 11.5. The van der Waals surface area contributed by atoms with Crippen molar-refractivity contribution in [1.82, 2.24) is 10.2 Å². The van der Waals surface area contributed by atoms with Gasteiger partial charge in [0.2, 0.25) is 0 Å². The summed E-state index contributed by atoms with van der Waals surface area (Å²) in [6.07, 6.45) is 5.84. The second-order valence-corrected chi connectivity index (χ2v) is 7.18. The van der Waals surface area contributed by atoms with E-state index in [1.165, 1.54) is 58.4 Å². The molecule has 0 radical (unpaired) electrons. The van der Waals surface area contributed by atoms with E-state index in [9.17, 15) is 0 Å². The van der Waals surface area contributed by atoms with Gasteiger partial charge in [-0.2, -0.15) is 0 Å². The second-order valence-electron chi connectivity index (χ2n) is 7.18. The summed E-state index contributed by atoms with van der Waals surface area (Å²) in [4.78, 5) is 2.76. The van der Waals surface area contributed by atoms with Crippen LogP contribution in [0.5, 0.6) is 0 Å². The summed E-state index contributed by atoms with van der Waals surface area (Å²) in [5.74, 6) is 2.87. The Morgan fingerprint density at radius 3 is 2.41 bits per heavy atom. The highest BCUT2D eigenvalue weighted by Crippen LogP contribution is 2.58. The van der Waals surface area contributed by atoms with Crippen molar-refractivity contribution in [3.8, 4) is 0 Å². The first-order chi connectivity index (χ1) is 8.18. The molecule has 1 aliphatic carbocycles. The van der Waals surface area contributed by atoms with E-state index in [1.54, 1.807) is 0 Å². The Bertz CT molecular complexity index is 260. The van der Waals surface area contributed by atoms with E-state index >= 15 is 0 Å². The largest absolute Gasteiger partial charge is 0.317 e. The van der Waals surface area contributed by atoms with E-state index in [0.29, 0.717) is 0 Å². The Morgan fingerprint density at radius 1 is 1.12 bits per heavy atom. The number of piperidine rings is 2. The summed E-state index contributed by atoms with van der Waals surface area (Å²) in [5.41, 5.74) is 0.773. The predicted molar refractivity (Wildman–Crippen MR) is 72.0 cm³/mol. The van der Waals surface area contributed by atoms with Gasteiger partial charge in [-0.25, -0.2) is 0 Å². The average molecular weight is 236 g/mol. The summed E-state index contributed by atoms with van der Waals surface area (Å²) in [7, 11) is 0. The molecule has 2 heterocycles. The van der Waals surface area contributed by atoms with Gasteiger partial charge in [-0.1, -0.05) is 13.8 Å². The van der Waals surface area contributed by atoms with Gasteiger partial charge in [0.1, 0.15) is 0 Å². The van der Waals surface area contributed by atoms with Crippen molar-refractivity contribution in [2.24, 2.45) is 23.2 Å². The maximum atomic E-state index is 3.51. The quantitative estimate of drug-likeness (QED) is 0.792. The fourth-order valence-electron chi connectivity index (χ4n) is 4.48.